The van der Waals surface area contributed by atoms with Gasteiger partial charge in [0.05, 0.1) is 6.54 Å². The van der Waals surface area contributed by atoms with Gasteiger partial charge in [0.1, 0.15) is 0 Å². The minimum atomic E-state index is -0.386. The Morgan fingerprint density at radius 1 is 1.14 bits per heavy atom. The Labute approximate surface area is 125 Å². The summed E-state index contributed by atoms with van der Waals surface area (Å²) in [5, 5.41) is 3.34. The molecule has 3 saturated carbocycles. The van der Waals surface area contributed by atoms with E-state index in [1.54, 1.807) is 4.90 Å². The number of nitrogens with two attached hydrogens (primary N) is 1. The van der Waals surface area contributed by atoms with Crippen molar-refractivity contribution in [2.45, 2.75) is 38.1 Å². The molecule has 2 amide bonds. The van der Waals surface area contributed by atoms with Gasteiger partial charge < -0.3 is 16.0 Å². The largest absolute Gasteiger partial charge is 0.368 e. The number of primary amides is 1. The average Bonchev–Trinajstić information content (AvgIpc) is 2.92. The number of hydrogen-bond donors (Lipinski definition) is 2. The molecule has 0 aromatic rings. The Balaban J connectivity index is 1.48. The summed E-state index contributed by atoms with van der Waals surface area (Å²) >= 11 is 0. The highest BCUT2D eigenvalue weighted by molar-refractivity contribution is 5.87. The normalized spacial score (nSPS) is 43.4. The van der Waals surface area contributed by atoms with Crippen molar-refractivity contribution in [1.29, 1.82) is 0 Å². The van der Waals surface area contributed by atoms with Crippen molar-refractivity contribution in [3.05, 3.63) is 0 Å². The van der Waals surface area contributed by atoms with E-state index in [4.69, 9.17) is 5.73 Å². The fourth-order valence-corrected chi connectivity index (χ4v) is 5.50. The fraction of sp³-hybridized carbons (Fsp3) is 0.875. The maximum Gasteiger partial charge on any atom is 0.237 e. The van der Waals surface area contributed by atoms with Gasteiger partial charge in [-0.2, -0.15) is 0 Å². The number of fused-ring (bicyclic) bond motifs is 5. The van der Waals surface area contributed by atoms with E-state index in [1.807, 2.05) is 0 Å². The summed E-state index contributed by atoms with van der Waals surface area (Å²) in [6.45, 7) is 1.90. The number of nitrogens with one attached hydrogen (secondary N) is 1. The quantitative estimate of drug-likeness (QED) is 0.784. The van der Waals surface area contributed by atoms with Crippen LogP contribution in [0.2, 0.25) is 0 Å². The number of rotatable bonds is 4. The molecule has 0 radical (unpaired) electrons. The van der Waals surface area contributed by atoms with Gasteiger partial charge in [0.15, 0.2) is 0 Å². The molecule has 2 bridgehead atoms. The smallest absolute Gasteiger partial charge is 0.237 e. The predicted octanol–water partition coefficient (Wildman–Crippen LogP) is 0.344. The second-order valence-corrected chi connectivity index (χ2v) is 7.45. The van der Waals surface area contributed by atoms with Crippen molar-refractivity contribution in [2.24, 2.45) is 35.3 Å². The number of nitrogens with zero attached hydrogens (tertiary/aromatic N) is 1. The summed E-state index contributed by atoms with van der Waals surface area (Å²) in [5.41, 5.74) is 5.39. The minimum Gasteiger partial charge on any atom is -0.368 e. The van der Waals surface area contributed by atoms with E-state index in [0.717, 1.165) is 37.8 Å². The van der Waals surface area contributed by atoms with Crippen LogP contribution in [0.5, 0.6) is 0 Å². The van der Waals surface area contributed by atoms with E-state index >= 15 is 0 Å². The Hall–Kier alpha value is -1.10. The van der Waals surface area contributed by atoms with Gasteiger partial charge in [-0.05, 0) is 62.3 Å². The van der Waals surface area contributed by atoms with Crippen molar-refractivity contribution in [1.82, 2.24) is 10.2 Å². The predicted molar refractivity (Wildman–Crippen MR) is 78.1 cm³/mol. The van der Waals surface area contributed by atoms with Gasteiger partial charge >= 0.3 is 0 Å². The first-order valence-electron chi connectivity index (χ1n) is 8.46. The van der Waals surface area contributed by atoms with E-state index in [9.17, 15) is 9.59 Å². The van der Waals surface area contributed by atoms with Gasteiger partial charge in [-0.1, -0.05) is 0 Å². The van der Waals surface area contributed by atoms with Gasteiger partial charge in [-0.25, -0.2) is 0 Å². The lowest BCUT2D eigenvalue weighted by molar-refractivity contribution is -0.140. The van der Waals surface area contributed by atoms with Crippen LogP contribution >= 0.6 is 0 Å². The molecule has 4 fully saturated rings. The first kappa shape index (κ1) is 13.6. The van der Waals surface area contributed by atoms with Crippen molar-refractivity contribution >= 4 is 11.8 Å². The average molecular weight is 291 g/mol. The molecule has 5 unspecified atom stereocenters. The van der Waals surface area contributed by atoms with Crippen molar-refractivity contribution in [3.8, 4) is 0 Å². The van der Waals surface area contributed by atoms with Crippen molar-refractivity contribution < 1.29 is 9.59 Å². The topological polar surface area (TPSA) is 75.4 Å². The minimum absolute atomic E-state index is 0.0937. The number of amides is 2. The summed E-state index contributed by atoms with van der Waals surface area (Å²) in [6.07, 6.45) is 6.03. The molecule has 3 aliphatic carbocycles. The van der Waals surface area contributed by atoms with Gasteiger partial charge in [-0.15, -0.1) is 0 Å². The van der Waals surface area contributed by atoms with E-state index in [0.29, 0.717) is 11.8 Å². The monoisotopic (exact) mass is 291 g/mol. The van der Waals surface area contributed by atoms with Crippen LogP contribution in [-0.4, -0.2) is 42.4 Å². The molecule has 5 heteroatoms. The van der Waals surface area contributed by atoms with Crippen LogP contribution in [0.15, 0.2) is 0 Å². The van der Waals surface area contributed by atoms with Crippen LogP contribution in [0.25, 0.3) is 0 Å². The SMILES string of the molecule is NC(=O)CN(C(=O)C1C2C3CCC(C3)C12)C1CCCNC1. The second-order valence-electron chi connectivity index (χ2n) is 7.45. The standard InChI is InChI=1S/C16H25N3O2/c17-12(20)8-19(11-2-1-5-18-7-11)16(21)15-13-9-3-4-10(6-9)14(13)15/h9-11,13-15,18H,1-8H2,(H2,17,20). The fourth-order valence-electron chi connectivity index (χ4n) is 5.50. The summed E-state index contributed by atoms with van der Waals surface area (Å²) in [6, 6.07) is 0.151. The third kappa shape index (κ3) is 2.17. The lowest BCUT2D eigenvalue weighted by Gasteiger charge is -2.34. The number of carbonyl (C=O) groups is 2. The molecule has 0 aromatic carbocycles. The molecule has 0 aromatic heterocycles. The van der Waals surface area contributed by atoms with E-state index in [2.05, 4.69) is 5.32 Å². The first-order valence-corrected chi connectivity index (χ1v) is 8.46. The molecule has 0 spiro atoms. The summed E-state index contributed by atoms with van der Waals surface area (Å²) < 4.78 is 0. The highest BCUT2D eigenvalue weighted by atomic mass is 16.2. The number of carbonyl (C=O) groups excluding carboxylic acids is 2. The van der Waals surface area contributed by atoms with Crippen LogP contribution in [0.3, 0.4) is 0 Å². The van der Waals surface area contributed by atoms with Crippen LogP contribution in [0.1, 0.15) is 32.1 Å². The van der Waals surface area contributed by atoms with Gasteiger partial charge in [0, 0.05) is 18.5 Å². The highest BCUT2D eigenvalue weighted by Crippen LogP contribution is 2.69. The van der Waals surface area contributed by atoms with Crippen LogP contribution in [0.4, 0.5) is 0 Å². The van der Waals surface area contributed by atoms with E-state index < -0.39 is 0 Å². The third-order valence-corrected chi connectivity index (χ3v) is 6.34. The molecule has 1 saturated heterocycles. The van der Waals surface area contributed by atoms with Crippen LogP contribution < -0.4 is 11.1 Å². The molecule has 4 rings (SSSR count). The van der Waals surface area contributed by atoms with Crippen LogP contribution in [-0.2, 0) is 9.59 Å². The first-order chi connectivity index (χ1) is 10.2. The molecular weight excluding hydrogens is 266 g/mol. The van der Waals surface area contributed by atoms with Gasteiger partial charge in [-0.3, -0.25) is 9.59 Å². The van der Waals surface area contributed by atoms with E-state index in [-0.39, 0.29) is 30.3 Å². The Kier molecular flexibility index (Phi) is 3.21. The Bertz CT molecular complexity index is 444. The maximum atomic E-state index is 13.0. The van der Waals surface area contributed by atoms with Crippen molar-refractivity contribution in [3.63, 3.8) is 0 Å². The molecule has 5 nitrogen and oxygen atoms in total. The Morgan fingerprint density at radius 3 is 2.43 bits per heavy atom. The molecule has 5 atom stereocenters. The number of piperidine rings is 1. The van der Waals surface area contributed by atoms with Crippen molar-refractivity contribution in [2.75, 3.05) is 19.6 Å². The van der Waals surface area contributed by atoms with Crippen LogP contribution in [0, 0.1) is 29.6 Å². The molecule has 116 valence electrons. The highest BCUT2D eigenvalue weighted by Gasteiger charge is 2.68. The molecule has 21 heavy (non-hydrogen) atoms. The molecular formula is C16H25N3O2. The third-order valence-electron chi connectivity index (χ3n) is 6.34. The zero-order valence-electron chi connectivity index (χ0n) is 12.5. The zero-order valence-corrected chi connectivity index (χ0v) is 12.5. The zero-order chi connectivity index (χ0) is 14.6. The van der Waals surface area contributed by atoms with Gasteiger partial charge in [0.2, 0.25) is 11.8 Å². The summed E-state index contributed by atoms with van der Waals surface area (Å²) in [5.74, 6) is 2.86. The lowest BCUT2D eigenvalue weighted by Crippen LogP contribution is -2.52. The molecule has 4 aliphatic rings. The Morgan fingerprint density at radius 2 is 1.86 bits per heavy atom. The lowest BCUT2D eigenvalue weighted by atomic mass is 9.99. The summed E-state index contributed by atoms with van der Waals surface area (Å²) in [4.78, 5) is 26.2. The maximum absolute atomic E-state index is 13.0. The molecule has 1 aliphatic heterocycles. The molecule has 1 heterocycles. The van der Waals surface area contributed by atoms with Gasteiger partial charge in [0.25, 0.3) is 0 Å². The number of hydrogen-bond acceptors (Lipinski definition) is 3. The summed E-state index contributed by atoms with van der Waals surface area (Å²) in [7, 11) is 0. The van der Waals surface area contributed by atoms with E-state index in [1.165, 1.54) is 19.3 Å². The second kappa shape index (κ2) is 4.97. The molecule has 3 N–H and O–H groups in total.